The van der Waals surface area contributed by atoms with Gasteiger partial charge in [0.25, 0.3) is 0 Å². The molecule has 4 nitrogen and oxygen atoms in total. The van der Waals surface area contributed by atoms with E-state index in [0.717, 1.165) is 35.7 Å². The van der Waals surface area contributed by atoms with Crippen LogP contribution in [0.15, 0.2) is 27.6 Å². The van der Waals surface area contributed by atoms with Crippen molar-refractivity contribution in [3.8, 4) is 0 Å². The Bertz CT molecular complexity index is 546. The lowest BCUT2D eigenvalue weighted by Crippen LogP contribution is -2.38. The van der Waals surface area contributed by atoms with Crippen LogP contribution in [0.25, 0.3) is 0 Å². The Morgan fingerprint density at radius 1 is 1.20 bits per heavy atom. The molecule has 0 spiro atoms. The molecule has 1 fully saturated rings. The van der Waals surface area contributed by atoms with Crippen LogP contribution in [0.2, 0.25) is 0 Å². The first-order valence-corrected chi connectivity index (χ1v) is 9.00. The minimum absolute atomic E-state index is 0.00527. The van der Waals surface area contributed by atoms with Crippen molar-refractivity contribution in [2.24, 2.45) is 0 Å². The zero-order valence-electron chi connectivity index (χ0n) is 11.7. The fraction of sp³-hybridized carbons (Fsp3) is 0.571. The van der Waals surface area contributed by atoms with E-state index < -0.39 is 10.0 Å². The summed E-state index contributed by atoms with van der Waals surface area (Å²) in [7, 11) is -1.74. The van der Waals surface area contributed by atoms with Crippen molar-refractivity contribution in [3.05, 3.63) is 28.2 Å². The lowest BCUT2D eigenvalue weighted by molar-refractivity contribution is 0.0649. The quantitative estimate of drug-likeness (QED) is 0.896. The van der Waals surface area contributed by atoms with Gasteiger partial charge in [-0.2, -0.15) is 0 Å². The summed E-state index contributed by atoms with van der Waals surface area (Å²) in [5.41, 5.74) is 0.919. The van der Waals surface area contributed by atoms with Crippen molar-refractivity contribution in [1.82, 2.24) is 4.72 Å². The van der Waals surface area contributed by atoms with Gasteiger partial charge in [-0.1, -0.05) is 15.9 Å². The van der Waals surface area contributed by atoms with Crippen LogP contribution in [-0.2, 0) is 14.8 Å². The Kier molecular flexibility index (Phi) is 5.23. The molecule has 1 aromatic carbocycles. The molecule has 1 N–H and O–H groups in total. The number of nitrogens with one attached hydrogen (secondary N) is 1. The summed E-state index contributed by atoms with van der Waals surface area (Å²) < 4.78 is 33.7. The van der Waals surface area contributed by atoms with Crippen molar-refractivity contribution in [3.63, 3.8) is 0 Å². The molecule has 112 valence electrons. The van der Waals surface area contributed by atoms with Crippen LogP contribution >= 0.6 is 15.9 Å². The van der Waals surface area contributed by atoms with E-state index >= 15 is 0 Å². The van der Waals surface area contributed by atoms with Crippen molar-refractivity contribution >= 4 is 26.0 Å². The zero-order valence-corrected chi connectivity index (χ0v) is 14.1. The molecule has 0 heterocycles. The molecule has 1 aliphatic carbocycles. The van der Waals surface area contributed by atoms with Gasteiger partial charge in [0.15, 0.2) is 0 Å². The maximum absolute atomic E-state index is 12.4. The largest absolute Gasteiger partial charge is 0.381 e. The normalized spacial score (nSPS) is 23.8. The monoisotopic (exact) mass is 361 g/mol. The van der Waals surface area contributed by atoms with Crippen molar-refractivity contribution in [2.75, 3.05) is 7.11 Å². The fourth-order valence-corrected chi connectivity index (χ4v) is 4.75. The summed E-state index contributed by atoms with van der Waals surface area (Å²) in [6.45, 7) is 1.88. The Hall–Kier alpha value is -0.430. The van der Waals surface area contributed by atoms with Crippen LogP contribution in [0.4, 0.5) is 0 Å². The van der Waals surface area contributed by atoms with E-state index in [1.54, 1.807) is 19.2 Å². The van der Waals surface area contributed by atoms with Crippen LogP contribution in [0.3, 0.4) is 0 Å². The molecule has 20 heavy (non-hydrogen) atoms. The lowest BCUT2D eigenvalue weighted by atomic mass is 9.94. The zero-order chi connectivity index (χ0) is 14.8. The molecule has 6 heteroatoms. The van der Waals surface area contributed by atoms with Gasteiger partial charge < -0.3 is 4.74 Å². The number of benzene rings is 1. The Balaban J connectivity index is 2.08. The van der Waals surface area contributed by atoms with Crippen LogP contribution in [0, 0.1) is 6.92 Å². The number of ether oxygens (including phenoxy) is 1. The highest BCUT2D eigenvalue weighted by atomic mass is 79.9. The van der Waals surface area contributed by atoms with Crippen LogP contribution < -0.4 is 4.72 Å². The summed E-state index contributed by atoms with van der Waals surface area (Å²) in [6.07, 6.45) is 3.72. The summed E-state index contributed by atoms with van der Waals surface area (Å²) in [4.78, 5) is 0.318. The van der Waals surface area contributed by atoms with E-state index in [1.165, 1.54) is 0 Å². The van der Waals surface area contributed by atoms with Gasteiger partial charge in [-0.3, -0.25) is 0 Å². The van der Waals surface area contributed by atoms with Crippen molar-refractivity contribution < 1.29 is 13.2 Å². The van der Waals surface area contributed by atoms with Gasteiger partial charge in [0.05, 0.1) is 11.0 Å². The van der Waals surface area contributed by atoms with E-state index in [1.807, 2.05) is 13.0 Å². The Morgan fingerprint density at radius 3 is 2.40 bits per heavy atom. The minimum Gasteiger partial charge on any atom is -0.381 e. The third-order valence-corrected chi connectivity index (χ3v) is 5.61. The molecule has 0 aromatic heterocycles. The first-order valence-electron chi connectivity index (χ1n) is 6.73. The number of sulfonamides is 1. The second-order valence-electron chi connectivity index (χ2n) is 5.29. The van der Waals surface area contributed by atoms with E-state index in [4.69, 9.17) is 4.74 Å². The van der Waals surface area contributed by atoms with Gasteiger partial charge in [0.2, 0.25) is 10.0 Å². The highest BCUT2D eigenvalue weighted by Gasteiger charge is 2.25. The molecule has 1 aromatic rings. The smallest absolute Gasteiger partial charge is 0.240 e. The second-order valence-corrected chi connectivity index (χ2v) is 7.92. The Morgan fingerprint density at radius 2 is 1.85 bits per heavy atom. The van der Waals surface area contributed by atoms with Gasteiger partial charge >= 0.3 is 0 Å². The number of methoxy groups -OCH3 is 1. The second kappa shape index (κ2) is 6.56. The molecule has 0 amide bonds. The number of aryl methyl sites for hydroxylation is 1. The van der Waals surface area contributed by atoms with Gasteiger partial charge in [0.1, 0.15) is 0 Å². The van der Waals surface area contributed by atoms with Crippen LogP contribution in [-0.4, -0.2) is 27.7 Å². The predicted octanol–water partition coefficient (Wildman–Crippen LogP) is 2.99. The standard InChI is InChI=1S/C14H20BrNO3S/c1-10-7-11(15)9-14(8-10)20(17,18)16-12-3-5-13(19-2)6-4-12/h7-9,12-13,16H,3-6H2,1-2H3/t12-,13-. The van der Waals surface area contributed by atoms with Gasteiger partial charge in [-0.25, -0.2) is 13.1 Å². The van der Waals surface area contributed by atoms with E-state index in [9.17, 15) is 8.42 Å². The van der Waals surface area contributed by atoms with E-state index in [-0.39, 0.29) is 12.1 Å². The van der Waals surface area contributed by atoms with Crippen molar-refractivity contribution in [2.45, 2.75) is 49.6 Å². The molecule has 0 bridgehead atoms. The maximum atomic E-state index is 12.4. The fourth-order valence-electron chi connectivity index (χ4n) is 2.56. The summed E-state index contributed by atoms with van der Waals surface area (Å²) in [5, 5.41) is 0. The highest BCUT2D eigenvalue weighted by molar-refractivity contribution is 9.10. The van der Waals surface area contributed by atoms with E-state index in [0.29, 0.717) is 4.90 Å². The van der Waals surface area contributed by atoms with E-state index in [2.05, 4.69) is 20.7 Å². The number of rotatable bonds is 4. The minimum atomic E-state index is -3.45. The third-order valence-electron chi connectivity index (χ3n) is 3.66. The van der Waals surface area contributed by atoms with Gasteiger partial charge in [-0.15, -0.1) is 0 Å². The SMILES string of the molecule is CO[C@H]1CC[C@H](NS(=O)(=O)c2cc(C)cc(Br)c2)CC1. The molecule has 2 rings (SSSR count). The molecule has 0 radical (unpaired) electrons. The highest BCUT2D eigenvalue weighted by Crippen LogP contribution is 2.24. The molecule has 0 saturated heterocycles. The average Bonchev–Trinajstić information content (AvgIpc) is 2.38. The lowest BCUT2D eigenvalue weighted by Gasteiger charge is -2.28. The number of hydrogen-bond acceptors (Lipinski definition) is 3. The molecular formula is C14H20BrNO3S. The van der Waals surface area contributed by atoms with Crippen LogP contribution in [0.1, 0.15) is 31.2 Å². The summed E-state index contributed by atoms with van der Waals surface area (Å²) in [6, 6.07) is 5.22. The molecule has 1 saturated carbocycles. The number of halogens is 1. The average molecular weight is 362 g/mol. The summed E-state index contributed by atoms with van der Waals surface area (Å²) >= 11 is 3.34. The molecule has 1 aliphatic rings. The molecular weight excluding hydrogens is 342 g/mol. The first kappa shape index (κ1) is 15.9. The van der Waals surface area contributed by atoms with Gasteiger partial charge in [0, 0.05) is 17.6 Å². The molecule has 0 atom stereocenters. The van der Waals surface area contributed by atoms with Gasteiger partial charge in [-0.05, 0) is 56.4 Å². The van der Waals surface area contributed by atoms with Crippen LogP contribution in [0.5, 0.6) is 0 Å². The predicted molar refractivity (Wildman–Crippen MR) is 82.3 cm³/mol. The number of hydrogen-bond donors (Lipinski definition) is 1. The Labute approximate surface area is 129 Å². The summed E-state index contributed by atoms with van der Waals surface area (Å²) in [5.74, 6) is 0. The first-order chi connectivity index (χ1) is 9.40. The third kappa shape index (κ3) is 4.04. The van der Waals surface area contributed by atoms with Crippen molar-refractivity contribution in [1.29, 1.82) is 0 Å². The molecule has 0 unspecified atom stereocenters. The molecule has 0 aliphatic heterocycles. The topological polar surface area (TPSA) is 55.4 Å². The maximum Gasteiger partial charge on any atom is 0.240 e.